The van der Waals surface area contributed by atoms with Gasteiger partial charge in [0.05, 0.1) is 5.69 Å². The van der Waals surface area contributed by atoms with Gasteiger partial charge in [-0.2, -0.15) is 4.98 Å². The van der Waals surface area contributed by atoms with Gasteiger partial charge < -0.3 is 10.6 Å². The van der Waals surface area contributed by atoms with Crippen LogP contribution in [-0.2, 0) is 6.42 Å². The minimum absolute atomic E-state index is 0.209. The molecule has 2 N–H and O–H groups in total. The molecule has 0 saturated heterocycles. The first-order valence-electron chi connectivity index (χ1n) is 8.17. The summed E-state index contributed by atoms with van der Waals surface area (Å²) < 4.78 is 53.8. The Hall–Kier alpha value is -3.16. The summed E-state index contributed by atoms with van der Waals surface area (Å²) in [5.41, 5.74) is 0.882. The van der Waals surface area contributed by atoms with Gasteiger partial charge in [0, 0.05) is 18.3 Å². The average molecular weight is 376 g/mol. The Morgan fingerprint density at radius 3 is 2.44 bits per heavy atom. The van der Waals surface area contributed by atoms with E-state index in [1.807, 2.05) is 0 Å². The number of aromatic nitrogens is 2. The van der Waals surface area contributed by atoms with Gasteiger partial charge in [0.15, 0.2) is 17.5 Å². The molecule has 2 aromatic carbocycles. The quantitative estimate of drug-likeness (QED) is 0.482. The molecule has 140 valence electrons. The summed E-state index contributed by atoms with van der Waals surface area (Å²) in [6.45, 7) is 2.08. The highest BCUT2D eigenvalue weighted by atomic mass is 19.2. The fourth-order valence-corrected chi connectivity index (χ4v) is 2.48. The number of nitrogens with zero attached hydrogens (tertiary/aromatic N) is 2. The molecular formula is C19H16F4N4. The Balaban J connectivity index is 1.71. The Labute approximate surface area is 153 Å². The van der Waals surface area contributed by atoms with E-state index in [-0.39, 0.29) is 23.3 Å². The molecule has 1 aromatic heterocycles. The summed E-state index contributed by atoms with van der Waals surface area (Å²) in [4.78, 5) is 8.37. The molecule has 0 aliphatic carbocycles. The fraction of sp³-hybridized carbons (Fsp3) is 0.158. The standard InChI is InChI=1S/C19H16F4N4/c1-11-10-16(26-15-7-6-14(21)17(22)18(15)23)27-19(25-11)24-9-8-12-4-2-3-5-13(12)20/h2-7,10H,8-9H2,1H3,(H2,24,25,26,27). The maximum Gasteiger partial charge on any atom is 0.224 e. The van der Waals surface area contributed by atoms with Gasteiger partial charge in [0.1, 0.15) is 11.6 Å². The molecule has 0 amide bonds. The lowest BCUT2D eigenvalue weighted by molar-refractivity contribution is 0.449. The number of halogens is 4. The number of rotatable bonds is 6. The predicted molar refractivity (Wildman–Crippen MR) is 95.0 cm³/mol. The molecular weight excluding hydrogens is 360 g/mol. The average Bonchev–Trinajstić information content (AvgIpc) is 2.63. The highest BCUT2D eigenvalue weighted by molar-refractivity contribution is 5.58. The van der Waals surface area contributed by atoms with Gasteiger partial charge in [0.2, 0.25) is 5.95 Å². The lowest BCUT2D eigenvalue weighted by Crippen LogP contribution is -2.10. The first-order valence-corrected chi connectivity index (χ1v) is 8.17. The van der Waals surface area contributed by atoms with E-state index >= 15 is 0 Å². The zero-order valence-electron chi connectivity index (χ0n) is 14.4. The van der Waals surface area contributed by atoms with Crippen molar-refractivity contribution >= 4 is 17.5 Å². The van der Waals surface area contributed by atoms with Crippen LogP contribution in [0.15, 0.2) is 42.5 Å². The zero-order chi connectivity index (χ0) is 19.4. The summed E-state index contributed by atoms with van der Waals surface area (Å²) in [5.74, 6) is -4.00. The predicted octanol–water partition coefficient (Wildman–Crippen LogP) is 4.74. The van der Waals surface area contributed by atoms with E-state index in [0.29, 0.717) is 24.2 Å². The molecule has 3 rings (SSSR count). The Morgan fingerprint density at radius 1 is 0.889 bits per heavy atom. The largest absolute Gasteiger partial charge is 0.354 e. The van der Waals surface area contributed by atoms with Gasteiger partial charge in [-0.3, -0.25) is 0 Å². The van der Waals surface area contributed by atoms with Crippen LogP contribution in [0.25, 0.3) is 0 Å². The van der Waals surface area contributed by atoms with Crippen LogP contribution >= 0.6 is 0 Å². The van der Waals surface area contributed by atoms with Crippen LogP contribution in [0.5, 0.6) is 0 Å². The van der Waals surface area contributed by atoms with Crippen molar-refractivity contribution in [3.8, 4) is 0 Å². The number of benzene rings is 2. The molecule has 0 atom stereocenters. The van der Waals surface area contributed by atoms with Crippen LogP contribution in [-0.4, -0.2) is 16.5 Å². The van der Waals surface area contributed by atoms with E-state index in [0.717, 1.165) is 12.1 Å². The second-order valence-electron chi connectivity index (χ2n) is 5.83. The molecule has 27 heavy (non-hydrogen) atoms. The second-order valence-corrected chi connectivity index (χ2v) is 5.83. The topological polar surface area (TPSA) is 49.8 Å². The van der Waals surface area contributed by atoms with E-state index in [1.54, 1.807) is 25.1 Å². The van der Waals surface area contributed by atoms with E-state index < -0.39 is 17.5 Å². The molecule has 0 fully saturated rings. The Morgan fingerprint density at radius 2 is 1.67 bits per heavy atom. The van der Waals surface area contributed by atoms with Crippen LogP contribution in [0.3, 0.4) is 0 Å². The minimum Gasteiger partial charge on any atom is -0.354 e. The molecule has 1 heterocycles. The van der Waals surface area contributed by atoms with Crippen molar-refractivity contribution in [2.45, 2.75) is 13.3 Å². The highest BCUT2D eigenvalue weighted by Crippen LogP contribution is 2.23. The van der Waals surface area contributed by atoms with Crippen molar-refractivity contribution in [3.63, 3.8) is 0 Å². The lowest BCUT2D eigenvalue weighted by Gasteiger charge is -2.11. The van der Waals surface area contributed by atoms with E-state index in [2.05, 4.69) is 20.6 Å². The Kier molecular flexibility index (Phi) is 5.54. The van der Waals surface area contributed by atoms with Crippen molar-refractivity contribution in [2.24, 2.45) is 0 Å². The first kappa shape index (κ1) is 18.6. The number of aryl methyl sites for hydroxylation is 1. The van der Waals surface area contributed by atoms with Crippen molar-refractivity contribution in [2.75, 3.05) is 17.2 Å². The van der Waals surface area contributed by atoms with Gasteiger partial charge in [-0.25, -0.2) is 22.5 Å². The zero-order valence-corrected chi connectivity index (χ0v) is 14.4. The van der Waals surface area contributed by atoms with Crippen LogP contribution < -0.4 is 10.6 Å². The molecule has 0 aliphatic rings. The van der Waals surface area contributed by atoms with Crippen molar-refractivity contribution in [1.29, 1.82) is 0 Å². The maximum atomic E-state index is 13.8. The summed E-state index contributed by atoms with van der Waals surface area (Å²) in [7, 11) is 0. The Bertz CT molecular complexity index is 962. The van der Waals surface area contributed by atoms with Crippen LogP contribution in [0.1, 0.15) is 11.3 Å². The van der Waals surface area contributed by atoms with E-state index in [1.165, 1.54) is 12.1 Å². The SMILES string of the molecule is Cc1cc(Nc2ccc(F)c(F)c2F)nc(NCCc2ccccc2F)n1. The normalized spacial score (nSPS) is 10.7. The van der Waals surface area contributed by atoms with Gasteiger partial charge in [-0.15, -0.1) is 0 Å². The van der Waals surface area contributed by atoms with Crippen LogP contribution in [0, 0.1) is 30.2 Å². The van der Waals surface area contributed by atoms with Crippen molar-refractivity contribution in [1.82, 2.24) is 9.97 Å². The van der Waals surface area contributed by atoms with E-state index in [4.69, 9.17) is 0 Å². The highest BCUT2D eigenvalue weighted by Gasteiger charge is 2.14. The molecule has 0 saturated carbocycles. The molecule has 0 spiro atoms. The van der Waals surface area contributed by atoms with Crippen molar-refractivity contribution < 1.29 is 17.6 Å². The fourth-order valence-electron chi connectivity index (χ4n) is 2.48. The van der Waals surface area contributed by atoms with Crippen LogP contribution in [0.2, 0.25) is 0 Å². The van der Waals surface area contributed by atoms with Gasteiger partial charge >= 0.3 is 0 Å². The molecule has 0 aliphatic heterocycles. The van der Waals surface area contributed by atoms with E-state index in [9.17, 15) is 17.6 Å². The van der Waals surface area contributed by atoms with Gasteiger partial charge in [0.25, 0.3) is 0 Å². The summed E-state index contributed by atoms with van der Waals surface area (Å²) in [5, 5.41) is 5.57. The molecule has 4 nitrogen and oxygen atoms in total. The third kappa shape index (κ3) is 4.52. The third-order valence-electron chi connectivity index (χ3n) is 3.79. The monoisotopic (exact) mass is 376 g/mol. The number of hydrogen-bond acceptors (Lipinski definition) is 4. The van der Waals surface area contributed by atoms with Gasteiger partial charge in [-0.1, -0.05) is 18.2 Å². The molecule has 0 bridgehead atoms. The van der Waals surface area contributed by atoms with Crippen molar-refractivity contribution in [3.05, 3.63) is 77.0 Å². The molecule has 0 radical (unpaired) electrons. The third-order valence-corrected chi connectivity index (χ3v) is 3.79. The van der Waals surface area contributed by atoms with Gasteiger partial charge in [-0.05, 0) is 37.1 Å². The maximum absolute atomic E-state index is 13.8. The summed E-state index contributed by atoms with van der Waals surface area (Å²) in [6, 6.07) is 9.87. The lowest BCUT2D eigenvalue weighted by atomic mass is 10.1. The smallest absolute Gasteiger partial charge is 0.224 e. The summed E-state index contributed by atoms with van der Waals surface area (Å²) >= 11 is 0. The molecule has 8 heteroatoms. The minimum atomic E-state index is -1.56. The summed E-state index contributed by atoms with van der Waals surface area (Å²) in [6.07, 6.45) is 0.421. The first-order chi connectivity index (χ1) is 12.9. The molecule has 0 unspecified atom stereocenters. The number of anilines is 3. The number of hydrogen-bond donors (Lipinski definition) is 2. The second kappa shape index (κ2) is 8.03. The number of nitrogens with one attached hydrogen (secondary N) is 2. The van der Waals surface area contributed by atoms with Crippen LogP contribution in [0.4, 0.5) is 35.0 Å². The molecule has 3 aromatic rings.